The molecule has 0 spiro atoms. The van der Waals surface area contributed by atoms with Crippen molar-refractivity contribution in [3.8, 4) is 11.3 Å². The monoisotopic (exact) mass is 241 g/mol. The van der Waals surface area contributed by atoms with Crippen molar-refractivity contribution in [1.82, 2.24) is 4.98 Å². The number of primary amides is 2. The van der Waals surface area contributed by atoms with Crippen LogP contribution in [0.5, 0.6) is 0 Å². The Bertz CT molecular complexity index is 609. The number of hydrogen-bond acceptors (Lipinski definition) is 3. The van der Waals surface area contributed by atoms with Crippen molar-refractivity contribution < 1.29 is 9.59 Å². The molecule has 0 atom stereocenters. The van der Waals surface area contributed by atoms with E-state index in [1.54, 1.807) is 36.5 Å². The summed E-state index contributed by atoms with van der Waals surface area (Å²) in [6.45, 7) is 0. The first-order valence-corrected chi connectivity index (χ1v) is 5.24. The van der Waals surface area contributed by atoms with Crippen LogP contribution in [0, 0.1) is 0 Å². The van der Waals surface area contributed by atoms with Crippen molar-refractivity contribution in [2.75, 3.05) is 0 Å². The van der Waals surface area contributed by atoms with Crippen molar-refractivity contribution in [3.05, 3.63) is 53.7 Å². The van der Waals surface area contributed by atoms with E-state index >= 15 is 0 Å². The lowest BCUT2D eigenvalue weighted by Gasteiger charge is -2.07. The van der Waals surface area contributed by atoms with E-state index in [0.29, 0.717) is 11.3 Å². The van der Waals surface area contributed by atoms with Gasteiger partial charge in [0.25, 0.3) is 0 Å². The van der Waals surface area contributed by atoms with E-state index < -0.39 is 11.8 Å². The van der Waals surface area contributed by atoms with Crippen molar-refractivity contribution >= 4 is 11.8 Å². The molecule has 0 unspecified atom stereocenters. The van der Waals surface area contributed by atoms with Gasteiger partial charge in [-0.15, -0.1) is 0 Å². The molecule has 0 saturated heterocycles. The molecule has 2 aromatic rings. The summed E-state index contributed by atoms with van der Waals surface area (Å²) in [6, 6.07) is 9.86. The second-order valence-corrected chi connectivity index (χ2v) is 3.70. The molecule has 0 bridgehead atoms. The zero-order valence-corrected chi connectivity index (χ0v) is 9.46. The van der Waals surface area contributed by atoms with E-state index in [9.17, 15) is 9.59 Å². The van der Waals surface area contributed by atoms with Gasteiger partial charge < -0.3 is 11.5 Å². The minimum absolute atomic E-state index is 0.227. The van der Waals surface area contributed by atoms with Crippen molar-refractivity contribution in [1.29, 1.82) is 0 Å². The maximum absolute atomic E-state index is 11.4. The third kappa shape index (κ3) is 2.20. The van der Waals surface area contributed by atoms with Crippen LogP contribution in [0.15, 0.2) is 42.6 Å². The topological polar surface area (TPSA) is 99.1 Å². The standard InChI is InChI=1S/C13H11N3O2/c14-12(17)8-4-5-9(10(7-8)13(15)18)11-3-1-2-6-16-11/h1-7H,(H2,14,17)(H2,15,18). The largest absolute Gasteiger partial charge is 0.366 e. The normalized spacial score (nSPS) is 10.0. The Hall–Kier alpha value is -2.69. The molecule has 0 aliphatic rings. The molecule has 5 nitrogen and oxygen atoms in total. The van der Waals surface area contributed by atoms with E-state index in [4.69, 9.17) is 11.5 Å². The van der Waals surface area contributed by atoms with Crippen molar-refractivity contribution in [3.63, 3.8) is 0 Å². The van der Waals surface area contributed by atoms with Crippen LogP contribution in [0.25, 0.3) is 11.3 Å². The van der Waals surface area contributed by atoms with Gasteiger partial charge in [-0.25, -0.2) is 0 Å². The van der Waals surface area contributed by atoms with Crippen molar-refractivity contribution in [2.45, 2.75) is 0 Å². The summed E-state index contributed by atoms with van der Waals surface area (Å²) in [5.41, 5.74) is 12.1. The summed E-state index contributed by atoms with van der Waals surface area (Å²) in [7, 11) is 0. The Morgan fingerprint density at radius 3 is 2.33 bits per heavy atom. The number of nitrogens with zero attached hydrogens (tertiary/aromatic N) is 1. The highest BCUT2D eigenvalue weighted by Crippen LogP contribution is 2.22. The van der Waals surface area contributed by atoms with Gasteiger partial charge in [0.15, 0.2) is 0 Å². The molecule has 0 aliphatic heterocycles. The van der Waals surface area contributed by atoms with Gasteiger partial charge in [-0.05, 0) is 24.3 Å². The summed E-state index contributed by atoms with van der Waals surface area (Å²) in [5.74, 6) is -1.23. The highest BCUT2D eigenvalue weighted by molar-refractivity contribution is 6.03. The van der Waals surface area contributed by atoms with Crippen LogP contribution < -0.4 is 11.5 Å². The molecule has 5 heteroatoms. The molecule has 0 fully saturated rings. The number of carbonyl (C=O) groups is 2. The van der Waals surface area contributed by atoms with Gasteiger partial charge in [0.2, 0.25) is 11.8 Å². The second-order valence-electron chi connectivity index (χ2n) is 3.70. The van der Waals surface area contributed by atoms with Gasteiger partial charge in [-0.3, -0.25) is 14.6 Å². The summed E-state index contributed by atoms with van der Waals surface area (Å²) in [5, 5.41) is 0. The number of benzene rings is 1. The predicted molar refractivity (Wildman–Crippen MR) is 66.7 cm³/mol. The highest BCUT2D eigenvalue weighted by atomic mass is 16.1. The fraction of sp³-hybridized carbons (Fsp3) is 0. The van der Waals surface area contributed by atoms with E-state index in [-0.39, 0.29) is 11.1 Å². The first-order valence-electron chi connectivity index (χ1n) is 5.24. The van der Waals surface area contributed by atoms with E-state index in [2.05, 4.69) is 4.98 Å². The average Bonchev–Trinajstić information content (AvgIpc) is 2.39. The minimum Gasteiger partial charge on any atom is -0.366 e. The molecule has 1 aromatic heterocycles. The molecule has 90 valence electrons. The molecule has 1 heterocycles. The fourth-order valence-corrected chi connectivity index (χ4v) is 1.65. The van der Waals surface area contributed by atoms with E-state index in [1.807, 2.05) is 0 Å². The number of amides is 2. The lowest BCUT2D eigenvalue weighted by Crippen LogP contribution is -2.16. The van der Waals surface area contributed by atoms with Crippen LogP contribution in [0.4, 0.5) is 0 Å². The predicted octanol–water partition coefficient (Wildman–Crippen LogP) is 0.946. The average molecular weight is 241 g/mol. The molecule has 0 saturated carbocycles. The zero-order valence-electron chi connectivity index (χ0n) is 9.46. The summed E-state index contributed by atoms with van der Waals surface area (Å²) >= 11 is 0. The van der Waals surface area contributed by atoms with Crippen LogP contribution in [0.3, 0.4) is 0 Å². The van der Waals surface area contributed by atoms with Gasteiger partial charge in [0.05, 0.1) is 5.69 Å². The number of carbonyl (C=O) groups excluding carboxylic acids is 2. The van der Waals surface area contributed by atoms with Gasteiger partial charge in [0, 0.05) is 22.9 Å². The Balaban J connectivity index is 2.61. The maximum atomic E-state index is 11.4. The SMILES string of the molecule is NC(=O)c1ccc(-c2ccccn2)c(C(N)=O)c1. The summed E-state index contributed by atoms with van der Waals surface area (Å²) in [4.78, 5) is 26.6. The number of pyridine rings is 1. The Kier molecular flexibility index (Phi) is 3.05. The Labute approximate surface area is 103 Å². The van der Waals surface area contributed by atoms with Gasteiger partial charge in [-0.1, -0.05) is 12.1 Å². The molecule has 0 radical (unpaired) electrons. The smallest absolute Gasteiger partial charge is 0.249 e. The third-order valence-corrected chi connectivity index (χ3v) is 2.51. The third-order valence-electron chi connectivity index (χ3n) is 2.51. The first-order chi connectivity index (χ1) is 8.59. The zero-order chi connectivity index (χ0) is 13.1. The lowest BCUT2D eigenvalue weighted by molar-refractivity contribution is 0.0999. The second kappa shape index (κ2) is 4.67. The van der Waals surface area contributed by atoms with Crippen LogP contribution in [0.2, 0.25) is 0 Å². The molecule has 2 amide bonds. The number of hydrogen-bond donors (Lipinski definition) is 2. The molecule has 2 rings (SSSR count). The molecular weight excluding hydrogens is 230 g/mol. The summed E-state index contributed by atoms with van der Waals surface area (Å²) < 4.78 is 0. The summed E-state index contributed by atoms with van der Waals surface area (Å²) in [6.07, 6.45) is 1.61. The van der Waals surface area contributed by atoms with Crippen LogP contribution >= 0.6 is 0 Å². The highest BCUT2D eigenvalue weighted by Gasteiger charge is 2.13. The number of aromatic nitrogens is 1. The van der Waals surface area contributed by atoms with Crippen LogP contribution in [-0.2, 0) is 0 Å². The number of nitrogens with two attached hydrogens (primary N) is 2. The first kappa shape index (κ1) is 11.8. The van der Waals surface area contributed by atoms with E-state index in [1.165, 1.54) is 6.07 Å². The minimum atomic E-state index is -0.626. The Morgan fingerprint density at radius 2 is 1.78 bits per heavy atom. The van der Waals surface area contributed by atoms with Crippen LogP contribution in [-0.4, -0.2) is 16.8 Å². The quantitative estimate of drug-likeness (QED) is 0.836. The molecule has 0 aliphatic carbocycles. The van der Waals surface area contributed by atoms with Crippen molar-refractivity contribution in [2.24, 2.45) is 11.5 Å². The van der Waals surface area contributed by atoms with Crippen LogP contribution in [0.1, 0.15) is 20.7 Å². The lowest BCUT2D eigenvalue weighted by atomic mass is 10.00. The molecule has 1 aromatic carbocycles. The van der Waals surface area contributed by atoms with E-state index in [0.717, 1.165) is 0 Å². The molecule has 4 N–H and O–H groups in total. The van der Waals surface area contributed by atoms with Gasteiger partial charge in [0.1, 0.15) is 0 Å². The fourth-order valence-electron chi connectivity index (χ4n) is 1.65. The number of rotatable bonds is 3. The van der Waals surface area contributed by atoms with Gasteiger partial charge >= 0.3 is 0 Å². The van der Waals surface area contributed by atoms with Gasteiger partial charge in [-0.2, -0.15) is 0 Å². The maximum Gasteiger partial charge on any atom is 0.249 e. The molecular formula is C13H11N3O2. The Morgan fingerprint density at radius 1 is 1.00 bits per heavy atom. The molecule has 18 heavy (non-hydrogen) atoms.